The highest BCUT2D eigenvalue weighted by atomic mass is 79.9. The van der Waals surface area contributed by atoms with E-state index in [9.17, 15) is 4.39 Å². The predicted molar refractivity (Wildman–Crippen MR) is 63.6 cm³/mol. The number of nitrogens with one attached hydrogen (secondary N) is 2. The van der Waals surface area contributed by atoms with Gasteiger partial charge in [-0.2, -0.15) is 0 Å². The molecule has 2 rings (SSSR count). The normalized spacial score (nSPS) is 20.5. The molecule has 1 aromatic carbocycles. The van der Waals surface area contributed by atoms with Gasteiger partial charge in [0.1, 0.15) is 5.82 Å². The average molecular weight is 273 g/mol. The molecule has 0 aliphatic carbocycles. The smallest absolute Gasteiger partial charge is 0.139 e. The SMILES string of the molecule is Fc1cc(NCC2CCCN2)ccc1Br. The van der Waals surface area contributed by atoms with Crippen LogP contribution in [0.2, 0.25) is 0 Å². The van der Waals surface area contributed by atoms with Crippen molar-refractivity contribution in [1.82, 2.24) is 5.32 Å². The zero-order valence-corrected chi connectivity index (χ0v) is 9.98. The van der Waals surface area contributed by atoms with Gasteiger partial charge >= 0.3 is 0 Å². The predicted octanol–water partition coefficient (Wildman–Crippen LogP) is 2.75. The zero-order valence-electron chi connectivity index (χ0n) is 8.39. The van der Waals surface area contributed by atoms with Gasteiger partial charge in [0.25, 0.3) is 0 Å². The maximum absolute atomic E-state index is 13.2. The molecule has 1 aromatic rings. The third kappa shape index (κ3) is 2.92. The minimum Gasteiger partial charge on any atom is -0.383 e. The Morgan fingerprint density at radius 3 is 3.07 bits per heavy atom. The van der Waals surface area contributed by atoms with Crippen molar-refractivity contribution in [2.45, 2.75) is 18.9 Å². The molecule has 2 nitrogen and oxygen atoms in total. The zero-order chi connectivity index (χ0) is 10.7. The second-order valence-corrected chi connectivity index (χ2v) is 4.66. The standard InChI is InChI=1S/C11H14BrFN2/c12-10-4-3-8(6-11(10)13)15-7-9-2-1-5-14-9/h3-4,6,9,14-15H,1-2,5,7H2. The molecular formula is C11H14BrFN2. The largest absolute Gasteiger partial charge is 0.383 e. The van der Waals surface area contributed by atoms with Crippen molar-refractivity contribution in [1.29, 1.82) is 0 Å². The number of anilines is 1. The van der Waals surface area contributed by atoms with Crippen LogP contribution in [0.4, 0.5) is 10.1 Å². The fourth-order valence-corrected chi connectivity index (χ4v) is 2.02. The number of hydrogen-bond acceptors (Lipinski definition) is 2. The van der Waals surface area contributed by atoms with Crippen LogP contribution >= 0.6 is 15.9 Å². The summed E-state index contributed by atoms with van der Waals surface area (Å²) in [4.78, 5) is 0. The molecule has 0 aromatic heterocycles. The van der Waals surface area contributed by atoms with Gasteiger partial charge in [0.05, 0.1) is 4.47 Å². The van der Waals surface area contributed by atoms with E-state index in [4.69, 9.17) is 0 Å². The van der Waals surface area contributed by atoms with Crippen molar-refractivity contribution in [2.24, 2.45) is 0 Å². The van der Waals surface area contributed by atoms with Gasteiger partial charge in [0.2, 0.25) is 0 Å². The molecule has 0 saturated carbocycles. The van der Waals surface area contributed by atoms with Crippen molar-refractivity contribution in [3.05, 3.63) is 28.5 Å². The Morgan fingerprint density at radius 1 is 1.53 bits per heavy atom. The summed E-state index contributed by atoms with van der Waals surface area (Å²) in [5.41, 5.74) is 0.837. The summed E-state index contributed by atoms with van der Waals surface area (Å²) in [5, 5.41) is 6.62. The van der Waals surface area contributed by atoms with Crippen molar-refractivity contribution < 1.29 is 4.39 Å². The first-order valence-electron chi connectivity index (χ1n) is 5.18. The molecule has 1 saturated heterocycles. The molecule has 1 heterocycles. The third-order valence-electron chi connectivity index (χ3n) is 2.63. The Bertz CT molecular complexity index is 337. The maximum atomic E-state index is 13.2. The summed E-state index contributed by atoms with van der Waals surface area (Å²) >= 11 is 3.13. The second kappa shape index (κ2) is 4.94. The van der Waals surface area contributed by atoms with E-state index in [0.717, 1.165) is 18.8 Å². The Kier molecular flexibility index (Phi) is 3.59. The Labute approximate surface area is 97.4 Å². The molecule has 2 N–H and O–H groups in total. The first-order valence-corrected chi connectivity index (χ1v) is 5.97. The molecular weight excluding hydrogens is 259 g/mol. The van der Waals surface area contributed by atoms with Crippen LogP contribution in [0.1, 0.15) is 12.8 Å². The lowest BCUT2D eigenvalue weighted by atomic mass is 10.2. The molecule has 1 atom stereocenters. The van der Waals surface area contributed by atoms with E-state index in [2.05, 4.69) is 26.6 Å². The average Bonchev–Trinajstić information content (AvgIpc) is 2.73. The first kappa shape index (κ1) is 10.9. The van der Waals surface area contributed by atoms with Gasteiger partial charge in [-0.05, 0) is 53.5 Å². The molecule has 1 fully saturated rings. The van der Waals surface area contributed by atoms with Crippen LogP contribution in [0.5, 0.6) is 0 Å². The summed E-state index contributed by atoms with van der Waals surface area (Å²) in [6.45, 7) is 1.96. The second-order valence-electron chi connectivity index (χ2n) is 3.80. The maximum Gasteiger partial charge on any atom is 0.139 e. The summed E-state index contributed by atoms with van der Waals surface area (Å²) < 4.78 is 13.7. The van der Waals surface area contributed by atoms with Crippen molar-refractivity contribution in [3.63, 3.8) is 0 Å². The van der Waals surface area contributed by atoms with Gasteiger partial charge in [0.15, 0.2) is 0 Å². The van der Waals surface area contributed by atoms with E-state index in [-0.39, 0.29) is 5.82 Å². The van der Waals surface area contributed by atoms with Crippen molar-refractivity contribution in [3.8, 4) is 0 Å². The molecule has 0 radical (unpaired) electrons. The van der Waals surface area contributed by atoms with Gasteiger partial charge in [-0.1, -0.05) is 0 Å². The Morgan fingerprint density at radius 2 is 2.40 bits per heavy atom. The number of hydrogen-bond donors (Lipinski definition) is 2. The van der Waals surface area contributed by atoms with Crippen molar-refractivity contribution >= 4 is 21.6 Å². The van der Waals surface area contributed by atoms with E-state index in [1.54, 1.807) is 6.07 Å². The lowest BCUT2D eigenvalue weighted by Gasteiger charge is -2.12. The summed E-state index contributed by atoms with van der Waals surface area (Å²) in [6.07, 6.45) is 2.44. The molecule has 15 heavy (non-hydrogen) atoms. The van der Waals surface area contributed by atoms with Crippen LogP contribution in [0.25, 0.3) is 0 Å². The van der Waals surface area contributed by atoms with E-state index in [1.165, 1.54) is 18.9 Å². The molecule has 4 heteroatoms. The van der Waals surface area contributed by atoms with Gasteiger partial charge in [-0.15, -0.1) is 0 Å². The fraction of sp³-hybridized carbons (Fsp3) is 0.455. The molecule has 0 bridgehead atoms. The summed E-state index contributed by atoms with van der Waals surface area (Å²) in [5.74, 6) is -0.223. The van der Waals surface area contributed by atoms with Crippen molar-refractivity contribution in [2.75, 3.05) is 18.4 Å². The van der Waals surface area contributed by atoms with Crippen LogP contribution < -0.4 is 10.6 Å². The van der Waals surface area contributed by atoms with E-state index in [0.29, 0.717) is 10.5 Å². The van der Waals surface area contributed by atoms with E-state index < -0.39 is 0 Å². The summed E-state index contributed by atoms with van der Waals surface area (Å²) in [6, 6.07) is 5.64. The number of halogens is 2. The van der Waals surface area contributed by atoms with Crippen LogP contribution in [-0.2, 0) is 0 Å². The first-order chi connectivity index (χ1) is 7.25. The molecule has 1 aliphatic rings. The van der Waals surface area contributed by atoms with Gasteiger partial charge in [0, 0.05) is 18.3 Å². The van der Waals surface area contributed by atoms with E-state index in [1.807, 2.05) is 6.07 Å². The highest BCUT2D eigenvalue weighted by Gasteiger charge is 2.13. The molecule has 82 valence electrons. The number of rotatable bonds is 3. The van der Waals surface area contributed by atoms with Crippen LogP contribution in [0, 0.1) is 5.82 Å². The van der Waals surface area contributed by atoms with Gasteiger partial charge in [-0.25, -0.2) is 4.39 Å². The molecule has 0 spiro atoms. The molecule has 1 aliphatic heterocycles. The Balaban J connectivity index is 1.90. The van der Waals surface area contributed by atoms with Gasteiger partial charge in [-0.3, -0.25) is 0 Å². The fourth-order valence-electron chi connectivity index (χ4n) is 1.78. The summed E-state index contributed by atoms with van der Waals surface area (Å²) in [7, 11) is 0. The lowest BCUT2D eigenvalue weighted by molar-refractivity contribution is 0.618. The minimum absolute atomic E-state index is 0.223. The van der Waals surface area contributed by atoms with Crippen LogP contribution in [0.15, 0.2) is 22.7 Å². The number of benzene rings is 1. The quantitative estimate of drug-likeness (QED) is 0.884. The van der Waals surface area contributed by atoms with E-state index >= 15 is 0 Å². The van der Waals surface area contributed by atoms with Crippen LogP contribution in [0.3, 0.4) is 0 Å². The monoisotopic (exact) mass is 272 g/mol. The molecule has 0 amide bonds. The Hall–Kier alpha value is -0.610. The topological polar surface area (TPSA) is 24.1 Å². The van der Waals surface area contributed by atoms with Gasteiger partial charge < -0.3 is 10.6 Å². The highest BCUT2D eigenvalue weighted by Crippen LogP contribution is 2.19. The highest BCUT2D eigenvalue weighted by molar-refractivity contribution is 9.10. The van der Waals surface area contributed by atoms with Crippen LogP contribution in [-0.4, -0.2) is 19.1 Å². The molecule has 1 unspecified atom stereocenters. The third-order valence-corrected chi connectivity index (χ3v) is 3.28. The lowest BCUT2D eigenvalue weighted by Crippen LogP contribution is -2.29. The minimum atomic E-state index is -0.223.